The number of hydrogen-bond acceptors (Lipinski definition) is 2. The van der Waals surface area contributed by atoms with Gasteiger partial charge in [0.1, 0.15) is 0 Å². The van der Waals surface area contributed by atoms with Crippen LogP contribution in [0.3, 0.4) is 0 Å². The van der Waals surface area contributed by atoms with Crippen molar-refractivity contribution >= 4 is 0 Å². The van der Waals surface area contributed by atoms with Crippen LogP contribution in [-0.4, -0.2) is 16.4 Å². The molecule has 0 saturated carbocycles. The second-order valence-corrected chi connectivity index (χ2v) is 4.32. The van der Waals surface area contributed by atoms with Crippen molar-refractivity contribution in [1.29, 1.82) is 0 Å². The Kier molecular flexibility index (Phi) is 5.22. The van der Waals surface area contributed by atoms with Gasteiger partial charge in [-0.05, 0) is 25.2 Å². The van der Waals surface area contributed by atoms with E-state index in [-0.39, 0.29) is 0 Å². The normalized spacial score (nSPS) is 10.9. The molecule has 1 aromatic rings. The SMILES string of the molecule is CCCn1cc(OCCCC(C)C)cn1. The van der Waals surface area contributed by atoms with E-state index in [1.165, 1.54) is 6.42 Å². The molecule has 3 nitrogen and oxygen atoms in total. The van der Waals surface area contributed by atoms with Crippen LogP contribution in [0.1, 0.15) is 40.0 Å². The van der Waals surface area contributed by atoms with Gasteiger partial charge < -0.3 is 4.74 Å². The van der Waals surface area contributed by atoms with Crippen molar-refractivity contribution in [3.63, 3.8) is 0 Å². The van der Waals surface area contributed by atoms with Crippen LogP contribution in [0.5, 0.6) is 5.75 Å². The van der Waals surface area contributed by atoms with Crippen LogP contribution in [0.25, 0.3) is 0 Å². The number of hydrogen-bond donors (Lipinski definition) is 0. The molecule has 1 rings (SSSR count). The quantitative estimate of drug-likeness (QED) is 0.647. The Morgan fingerprint density at radius 3 is 2.93 bits per heavy atom. The molecule has 0 amide bonds. The zero-order valence-corrected chi connectivity index (χ0v) is 10.1. The van der Waals surface area contributed by atoms with E-state index >= 15 is 0 Å². The zero-order valence-electron chi connectivity index (χ0n) is 10.1. The maximum Gasteiger partial charge on any atom is 0.157 e. The predicted octanol–water partition coefficient (Wildman–Crippen LogP) is 3.11. The predicted molar refractivity (Wildman–Crippen MR) is 62.1 cm³/mol. The van der Waals surface area contributed by atoms with Crippen LogP contribution in [0.2, 0.25) is 0 Å². The van der Waals surface area contributed by atoms with Crippen LogP contribution in [-0.2, 0) is 6.54 Å². The highest BCUT2D eigenvalue weighted by Crippen LogP contribution is 2.10. The van der Waals surface area contributed by atoms with Gasteiger partial charge in [0, 0.05) is 6.54 Å². The van der Waals surface area contributed by atoms with Crippen molar-refractivity contribution in [2.45, 2.75) is 46.6 Å². The number of aryl methyl sites for hydroxylation is 1. The monoisotopic (exact) mass is 210 g/mol. The van der Waals surface area contributed by atoms with Crippen LogP contribution in [0.15, 0.2) is 12.4 Å². The van der Waals surface area contributed by atoms with Gasteiger partial charge in [-0.25, -0.2) is 0 Å². The maximum absolute atomic E-state index is 5.60. The van der Waals surface area contributed by atoms with Crippen molar-refractivity contribution < 1.29 is 4.74 Å². The molecule has 86 valence electrons. The second-order valence-electron chi connectivity index (χ2n) is 4.32. The largest absolute Gasteiger partial charge is 0.490 e. The highest BCUT2D eigenvalue weighted by Gasteiger charge is 1.99. The molecular weight excluding hydrogens is 188 g/mol. The average molecular weight is 210 g/mol. The summed E-state index contributed by atoms with van der Waals surface area (Å²) in [7, 11) is 0. The first-order valence-corrected chi connectivity index (χ1v) is 5.87. The fourth-order valence-electron chi connectivity index (χ4n) is 1.45. The average Bonchev–Trinajstić information content (AvgIpc) is 2.61. The molecule has 0 aliphatic heterocycles. The number of nitrogens with zero attached hydrogens (tertiary/aromatic N) is 2. The van der Waals surface area contributed by atoms with Crippen molar-refractivity contribution in [2.24, 2.45) is 5.92 Å². The molecule has 1 heterocycles. The molecule has 0 fully saturated rings. The molecule has 0 aliphatic rings. The zero-order chi connectivity index (χ0) is 11.1. The third-order valence-electron chi connectivity index (χ3n) is 2.26. The van der Waals surface area contributed by atoms with E-state index < -0.39 is 0 Å². The summed E-state index contributed by atoms with van der Waals surface area (Å²) in [6.45, 7) is 8.38. The molecule has 0 spiro atoms. The van der Waals surface area contributed by atoms with Crippen molar-refractivity contribution in [3.8, 4) is 5.75 Å². The molecule has 0 N–H and O–H groups in total. The Bertz CT molecular complexity index is 268. The van der Waals surface area contributed by atoms with E-state index in [4.69, 9.17) is 4.74 Å². The highest BCUT2D eigenvalue weighted by atomic mass is 16.5. The van der Waals surface area contributed by atoms with E-state index in [0.717, 1.165) is 37.7 Å². The summed E-state index contributed by atoms with van der Waals surface area (Å²) in [5.41, 5.74) is 0. The van der Waals surface area contributed by atoms with Crippen molar-refractivity contribution in [3.05, 3.63) is 12.4 Å². The van der Waals surface area contributed by atoms with Gasteiger partial charge in [0.2, 0.25) is 0 Å². The maximum atomic E-state index is 5.60. The molecule has 0 radical (unpaired) electrons. The van der Waals surface area contributed by atoms with Gasteiger partial charge in [0.25, 0.3) is 0 Å². The number of ether oxygens (including phenoxy) is 1. The lowest BCUT2D eigenvalue weighted by atomic mass is 10.1. The summed E-state index contributed by atoms with van der Waals surface area (Å²) >= 11 is 0. The molecule has 0 aromatic carbocycles. The fourth-order valence-corrected chi connectivity index (χ4v) is 1.45. The minimum atomic E-state index is 0.761. The molecular formula is C12H22N2O. The van der Waals surface area contributed by atoms with E-state index in [2.05, 4.69) is 25.9 Å². The first-order chi connectivity index (χ1) is 7.22. The standard InChI is InChI=1S/C12H22N2O/c1-4-7-14-10-12(9-13-14)15-8-5-6-11(2)3/h9-11H,4-8H2,1-3H3. The van der Waals surface area contributed by atoms with E-state index in [0.29, 0.717) is 0 Å². The van der Waals surface area contributed by atoms with E-state index in [1.807, 2.05) is 10.9 Å². The number of rotatable bonds is 7. The van der Waals surface area contributed by atoms with Gasteiger partial charge >= 0.3 is 0 Å². The minimum Gasteiger partial charge on any atom is -0.490 e. The van der Waals surface area contributed by atoms with Crippen molar-refractivity contribution in [2.75, 3.05) is 6.61 Å². The summed E-state index contributed by atoms with van der Waals surface area (Å²) in [4.78, 5) is 0. The number of aromatic nitrogens is 2. The van der Waals surface area contributed by atoms with Crippen LogP contribution >= 0.6 is 0 Å². The van der Waals surface area contributed by atoms with Gasteiger partial charge in [0.15, 0.2) is 5.75 Å². The topological polar surface area (TPSA) is 27.1 Å². The van der Waals surface area contributed by atoms with E-state index in [9.17, 15) is 0 Å². The van der Waals surface area contributed by atoms with Gasteiger partial charge in [-0.1, -0.05) is 20.8 Å². The summed E-state index contributed by atoms with van der Waals surface area (Å²) in [6, 6.07) is 0. The van der Waals surface area contributed by atoms with Gasteiger partial charge in [0.05, 0.1) is 19.0 Å². The van der Waals surface area contributed by atoms with Crippen LogP contribution in [0, 0.1) is 5.92 Å². The van der Waals surface area contributed by atoms with E-state index in [1.54, 1.807) is 6.20 Å². The molecule has 0 atom stereocenters. The smallest absolute Gasteiger partial charge is 0.157 e. The third kappa shape index (κ3) is 4.86. The molecule has 3 heteroatoms. The summed E-state index contributed by atoms with van der Waals surface area (Å²) < 4.78 is 7.53. The lowest BCUT2D eigenvalue weighted by Crippen LogP contribution is -1.99. The molecule has 0 unspecified atom stereocenters. The lowest BCUT2D eigenvalue weighted by Gasteiger charge is -2.05. The molecule has 15 heavy (non-hydrogen) atoms. The summed E-state index contributed by atoms with van der Waals surface area (Å²) in [5.74, 6) is 1.66. The Balaban J connectivity index is 2.19. The lowest BCUT2D eigenvalue weighted by molar-refractivity contribution is 0.297. The summed E-state index contributed by atoms with van der Waals surface area (Å²) in [5, 5.41) is 4.21. The first-order valence-electron chi connectivity index (χ1n) is 5.87. The van der Waals surface area contributed by atoms with Crippen molar-refractivity contribution in [1.82, 2.24) is 9.78 Å². The van der Waals surface area contributed by atoms with Crippen LogP contribution in [0.4, 0.5) is 0 Å². The Labute approximate surface area is 92.4 Å². The minimum absolute atomic E-state index is 0.761. The van der Waals surface area contributed by atoms with Crippen LogP contribution < -0.4 is 4.74 Å². The Morgan fingerprint density at radius 1 is 1.47 bits per heavy atom. The molecule has 0 saturated heterocycles. The Morgan fingerprint density at radius 2 is 2.27 bits per heavy atom. The molecule has 0 bridgehead atoms. The second kappa shape index (κ2) is 6.49. The molecule has 0 aliphatic carbocycles. The third-order valence-corrected chi connectivity index (χ3v) is 2.26. The van der Waals surface area contributed by atoms with Gasteiger partial charge in [-0.15, -0.1) is 0 Å². The highest BCUT2D eigenvalue weighted by molar-refractivity contribution is 5.11. The molecule has 1 aromatic heterocycles. The fraction of sp³-hybridized carbons (Fsp3) is 0.750. The Hall–Kier alpha value is -0.990. The first kappa shape index (κ1) is 12.1. The summed E-state index contributed by atoms with van der Waals surface area (Å²) in [6.07, 6.45) is 7.22. The van der Waals surface area contributed by atoms with Gasteiger partial charge in [-0.3, -0.25) is 4.68 Å². The van der Waals surface area contributed by atoms with Gasteiger partial charge in [-0.2, -0.15) is 5.10 Å².